The van der Waals surface area contributed by atoms with Gasteiger partial charge in [-0.25, -0.2) is 22.3 Å². The van der Waals surface area contributed by atoms with Crippen LogP contribution in [0.5, 0.6) is 0 Å². The number of ether oxygens (including phenoxy) is 1. The Morgan fingerprint density at radius 3 is 2.33 bits per heavy atom. The van der Waals surface area contributed by atoms with E-state index in [1.54, 1.807) is 24.3 Å². The Kier molecular flexibility index (Phi) is 6.45. The number of sulfonamides is 1. The molecule has 0 saturated heterocycles. The zero-order chi connectivity index (χ0) is 20.2. The van der Waals surface area contributed by atoms with Gasteiger partial charge in [-0.1, -0.05) is 31.2 Å². The first kappa shape index (κ1) is 20.7. The zero-order valence-electron chi connectivity index (χ0n) is 15.2. The first-order valence-corrected chi connectivity index (χ1v) is 9.75. The Morgan fingerprint density at radius 2 is 1.78 bits per heavy atom. The number of benzene rings is 2. The Morgan fingerprint density at radius 1 is 1.15 bits per heavy atom. The first-order chi connectivity index (χ1) is 12.7. The molecule has 27 heavy (non-hydrogen) atoms. The highest BCUT2D eigenvalue weighted by Crippen LogP contribution is 2.17. The van der Waals surface area contributed by atoms with Crippen molar-refractivity contribution in [3.63, 3.8) is 0 Å². The molecule has 0 spiro atoms. The molecular formula is C19H20FNO5S. The maximum absolute atomic E-state index is 14.0. The van der Waals surface area contributed by atoms with E-state index in [0.717, 1.165) is 30.2 Å². The van der Waals surface area contributed by atoms with Crippen molar-refractivity contribution in [1.82, 2.24) is 4.72 Å². The van der Waals surface area contributed by atoms with Crippen molar-refractivity contribution < 1.29 is 27.1 Å². The molecular weight excluding hydrogens is 373 g/mol. The topological polar surface area (TPSA) is 89.5 Å². The summed E-state index contributed by atoms with van der Waals surface area (Å²) < 4.78 is 44.7. The van der Waals surface area contributed by atoms with Crippen LogP contribution in [0, 0.1) is 5.82 Å². The Balaban J connectivity index is 2.20. The predicted octanol–water partition coefficient (Wildman–Crippen LogP) is 2.72. The van der Waals surface area contributed by atoms with E-state index in [-0.39, 0.29) is 4.90 Å². The lowest BCUT2D eigenvalue weighted by Gasteiger charge is -2.13. The van der Waals surface area contributed by atoms with Crippen molar-refractivity contribution in [2.75, 3.05) is 7.05 Å². The number of Topliss-reactive ketones (excluding diaryl/α,β-unsaturated/α-hetero) is 1. The van der Waals surface area contributed by atoms with Crippen molar-refractivity contribution in [3.8, 4) is 0 Å². The SMILES string of the molecule is CCc1ccc(C(=O)C(C)OC(=O)c2cc(S(=O)(=O)NC)ccc2F)cc1. The van der Waals surface area contributed by atoms with E-state index in [1.807, 2.05) is 6.92 Å². The minimum absolute atomic E-state index is 0.285. The van der Waals surface area contributed by atoms with E-state index in [2.05, 4.69) is 4.72 Å². The van der Waals surface area contributed by atoms with Crippen LogP contribution < -0.4 is 4.72 Å². The number of carbonyl (C=O) groups is 2. The van der Waals surface area contributed by atoms with Crippen molar-refractivity contribution in [2.24, 2.45) is 0 Å². The third kappa shape index (κ3) is 4.78. The Labute approximate surface area is 157 Å². The van der Waals surface area contributed by atoms with E-state index >= 15 is 0 Å². The molecule has 0 bridgehead atoms. The van der Waals surface area contributed by atoms with E-state index in [9.17, 15) is 22.4 Å². The molecule has 6 nitrogen and oxygen atoms in total. The van der Waals surface area contributed by atoms with E-state index in [1.165, 1.54) is 14.0 Å². The Bertz CT molecular complexity index is 955. The second-order valence-corrected chi connectivity index (χ2v) is 7.70. The summed E-state index contributed by atoms with van der Waals surface area (Å²) in [5.74, 6) is -2.50. The molecule has 144 valence electrons. The lowest BCUT2D eigenvalue weighted by Crippen LogP contribution is -2.25. The smallest absolute Gasteiger partial charge is 0.341 e. The number of ketones is 1. The molecule has 0 saturated carbocycles. The number of hydrogen-bond acceptors (Lipinski definition) is 5. The normalized spacial score (nSPS) is 12.4. The third-order valence-corrected chi connectivity index (χ3v) is 5.45. The van der Waals surface area contributed by atoms with Gasteiger partial charge in [0.15, 0.2) is 6.10 Å². The quantitative estimate of drug-likeness (QED) is 0.577. The lowest BCUT2D eigenvalue weighted by molar-refractivity contribution is 0.0314. The van der Waals surface area contributed by atoms with Gasteiger partial charge >= 0.3 is 5.97 Å². The number of carbonyl (C=O) groups excluding carboxylic acids is 2. The van der Waals surface area contributed by atoms with Crippen molar-refractivity contribution >= 4 is 21.8 Å². The van der Waals surface area contributed by atoms with Crippen LogP contribution in [0.1, 0.15) is 40.1 Å². The molecule has 1 N–H and O–H groups in total. The second-order valence-electron chi connectivity index (χ2n) is 5.81. The van der Waals surface area contributed by atoms with Gasteiger partial charge in [0.05, 0.1) is 10.5 Å². The van der Waals surface area contributed by atoms with Gasteiger partial charge in [-0.2, -0.15) is 0 Å². The average molecular weight is 393 g/mol. The molecule has 0 aliphatic carbocycles. The number of esters is 1. The average Bonchev–Trinajstić information content (AvgIpc) is 2.67. The zero-order valence-corrected chi connectivity index (χ0v) is 16.0. The van der Waals surface area contributed by atoms with Gasteiger partial charge in [0, 0.05) is 5.56 Å². The van der Waals surface area contributed by atoms with Crippen LogP contribution in [-0.2, 0) is 21.2 Å². The summed E-state index contributed by atoms with van der Waals surface area (Å²) in [7, 11) is -2.66. The molecule has 1 unspecified atom stereocenters. The maximum atomic E-state index is 14.0. The van der Waals surface area contributed by atoms with Crippen LogP contribution in [0.4, 0.5) is 4.39 Å². The molecule has 0 heterocycles. The summed E-state index contributed by atoms with van der Waals surface area (Å²) in [6.45, 7) is 3.36. The van der Waals surface area contributed by atoms with Crippen LogP contribution in [0.15, 0.2) is 47.4 Å². The maximum Gasteiger partial charge on any atom is 0.341 e. The fourth-order valence-electron chi connectivity index (χ4n) is 2.36. The highest BCUT2D eigenvalue weighted by Gasteiger charge is 2.24. The molecule has 0 aliphatic rings. The third-order valence-electron chi connectivity index (χ3n) is 4.04. The van der Waals surface area contributed by atoms with Crippen molar-refractivity contribution in [1.29, 1.82) is 0 Å². The summed E-state index contributed by atoms with van der Waals surface area (Å²) >= 11 is 0. The molecule has 0 aromatic heterocycles. The van der Waals surface area contributed by atoms with E-state index < -0.39 is 39.3 Å². The van der Waals surface area contributed by atoms with Crippen molar-refractivity contribution in [2.45, 2.75) is 31.3 Å². The van der Waals surface area contributed by atoms with Crippen LogP contribution in [0.25, 0.3) is 0 Å². The number of halogens is 1. The lowest BCUT2D eigenvalue weighted by atomic mass is 10.0. The molecule has 0 radical (unpaired) electrons. The van der Waals surface area contributed by atoms with Gasteiger partial charge in [-0.3, -0.25) is 4.79 Å². The molecule has 2 aromatic rings. The Hall–Kier alpha value is -2.58. The molecule has 0 fully saturated rings. The van der Waals surface area contributed by atoms with E-state index in [4.69, 9.17) is 4.74 Å². The summed E-state index contributed by atoms with van der Waals surface area (Å²) in [5, 5.41) is 0. The highest BCUT2D eigenvalue weighted by molar-refractivity contribution is 7.89. The molecule has 1 atom stereocenters. The van der Waals surface area contributed by atoms with Gasteiger partial charge < -0.3 is 4.74 Å². The second kappa shape index (κ2) is 8.41. The summed E-state index contributed by atoms with van der Waals surface area (Å²) in [6, 6.07) is 9.62. The van der Waals surface area contributed by atoms with Gasteiger partial charge in [-0.15, -0.1) is 0 Å². The minimum atomic E-state index is -3.86. The van der Waals surface area contributed by atoms with Crippen LogP contribution in [-0.4, -0.2) is 33.3 Å². The fourth-order valence-corrected chi connectivity index (χ4v) is 3.12. The summed E-state index contributed by atoms with van der Waals surface area (Å²) in [6.07, 6.45) is -0.335. The monoisotopic (exact) mass is 393 g/mol. The molecule has 0 amide bonds. The number of aryl methyl sites for hydroxylation is 1. The molecule has 2 rings (SSSR count). The van der Waals surface area contributed by atoms with Gasteiger partial charge in [-0.05, 0) is 44.2 Å². The molecule has 8 heteroatoms. The van der Waals surface area contributed by atoms with Gasteiger partial charge in [0.1, 0.15) is 5.82 Å². The summed E-state index contributed by atoms with van der Waals surface area (Å²) in [4.78, 5) is 24.4. The largest absolute Gasteiger partial charge is 0.451 e. The van der Waals surface area contributed by atoms with Crippen molar-refractivity contribution in [3.05, 3.63) is 65.0 Å². The van der Waals surface area contributed by atoms with Gasteiger partial charge in [0.2, 0.25) is 15.8 Å². The van der Waals surface area contributed by atoms with E-state index in [0.29, 0.717) is 5.56 Å². The van der Waals surface area contributed by atoms with Gasteiger partial charge in [0.25, 0.3) is 0 Å². The number of rotatable bonds is 7. The summed E-state index contributed by atoms with van der Waals surface area (Å²) in [5.41, 5.74) is 0.854. The molecule has 2 aromatic carbocycles. The van der Waals surface area contributed by atoms with Crippen LogP contribution in [0.2, 0.25) is 0 Å². The standard InChI is InChI=1S/C19H20FNO5S/c1-4-13-5-7-14(8-6-13)18(22)12(2)26-19(23)16-11-15(9-10-17(16)20)27(24,25)21-3/h5-12,21H,4H2,1-3H3. The number of nitrogens with one attached hydrogen (secondary N) is 1. The minimum Gasteiger partial charge on any atom is -0.451 e. The predicted molar refractivity (Wildman–Crippen MR) is 97.7 cm³/mol. The van der Waals surface area contributed by atoms with Crippen LogP contribution >= 0.6 is 0 Å². The van der Waals surface area contributed by atoms with Crippen LogP contribution in [0.3, 0.4) is 0 Å². The molecule has 0 aliphatic heterocycles. The fraction of sp³-hybridized carbons (Fsp3) is 0.263. The highest BCUT2D eigenvalue weighted by atomic mass is 32.2. The number of hydrogen-bond donors (Lipinski definition) is 1. The first-order valence-electron chi connectivity index (χ1n) is 8.26.